The second-order valence-electron chi connectivity index (χ2n) is 9.89. The van der Waals surface area contributed by atoms with E-state index >= 15 is 0 Å². The summed E-state index contributed by atoms with van der Waals surface area (Å²) in [4.78, 5) is 17.1. The molecule has 1 amide bonds. The monoisotopic (exact) mass is 598 g/mol. The third-order valence-corrected chi connectivity index (χ3v) is 7.01. The fraction of sp³-hybridized carbons (Fsp3) is 0.257. The lowest BCUT2D eigenvalue weighted by molar-refractivity contribution is 0.127. The lowest BCUT2D eigenvalue weighted by atomic mass is 9.80. The zero-order chi connectivity index (χ0) is 31.2. The lowest BCUT2D eigenvalue weighted by Gasteiger charge is -2.37. The molecule has 0 fully saturated rings. The highest BCUT2D eigenvalue weighted by Crippen LogP contribution is 2.42. The summed E-state index contributed by atoms with van der Waals surface area (Å²) >= 11 is 0. The molecule has 0 unspecified atom stereocenters. The van der Waals surface area contributed by atoms with Gasteiger partial charge >= 0.3 is 6.09 Å². The predicted molar refractivity (Wildman–Crippen MR) is 168 cm³/mol. The Morgan fingerprint density at radius 2 is 1.25 bits per heavy atom. The zero-order valence-corrected chi connectivity index (χ0v) is 24.9. The molecule has 0 saturated heterocycles. The smallest absolute Gasteiger partial charge is 0.407 e. The van der Waals surface area contributed by atoms with E-state index in [1.54, 1.807) is 14.2 Å². The highest BCUT2D eigenvalue weighted by atomic mass is 16.5. The number of hydrogen-bond donors (Lipinski definition) is 3. The first-order valence-electron chi connectivity index (χ1n) is 14.3. The maximum absolute atomic E-state index is 12.5. The molecule has 4 aromatic rings. The van der Waals surface area contributed by atoms with Crippen molar-refractivity contribution in [3.05, 3.63) is 131 Å². The van der Waals surface area contributed by atoms with Crippen LogP contribution in [-0.4, -0.2) is 62.2 Å². The van der Waals surface area contributed by atoms with Crippen LogP contribution < -0.4 is 14.8 Å². The molecule has 4 rings (SSSR count). The van der Waals surface area contributed by atoms with Gasteiger partial charge in [0.05, 0.1) is 33.5 Å². The molecule has 3 N–H and O–H groups in total. The first-order chi connectivity index (χ1) is 21.5. The van der Waals surface area contributed by atoms with Crippen molar-refractivity contribution in [3.8, 4) is 11.5 Å². The van der Waals surface area contributed by atoms with Crippen molar-refractivity contribution < 1.29 is 34.0 Å². The van der Waals surface area contributed by atoms with Gasteiger partial charge in [0.2, 0.25) is 0 Å². The minimum Gasteiger partial charge on any atom is -0.497 e. The van der Waals surface area contributed by atoms with Gasteiger partial charge in [-0.15, -0.1) is 0 Å². The number of amides is 1. The molecule has 4 aromatic carbocycles. The van der Waals surface area contributed by atoms with Gasteiger partial charge in [-0.3, -0.25) is 0 Å². The Morgan fingerprint density at radius 1 is 0.750 bits per heavy atom. The highest BCUT2D eigenvalue weighted by molar-refractivity contribution is 5.79. The molecule has 9 nitrogen and oxygen atoms in total. The van der Waals surface area contributed by atoms with Crippen LogP contribution in [0, 0.1) is 0 Å². The summed E-state index contributed by atoms with van der Waals surface area (Å²) in [5.74, 6) is 1.58. The van der Waals surface area contributed by atoms with Gasteiger partial charge < -0.3 is 34.5 Å². The molecule has 0 aliphatic rings. The van der Waals surface area contributed by atoms with E-state index < -0.39 is 17.7 Å². The molecular weight excluding hydrogens is 560 g/mol. The van der Waals surface area contributed by atoms with Crippen molar-refractivity contribution >= 4 is 12.0 Å². The van der Waals surface area contributed by atoms with Crippen LogP contribution in [0.3, 0.4) is 0 Å². The summed E-state index contributed by atoms with van der Waals surface area (Å²) < 4.78 is 23.1. The Morgan fingerprint density at radius 3 is 1.75 bits per heavy atom. The second kappa shape index (κ2) is 16.1. The van der Waals surface area contributed by atoms with Crippen molar-refractivity contribution in [3.63, 3.8) is 0 Å². The van der Waals surface area contributed by atoms with E-state index in [1.165, 1.54) is 0 Å². The van der Waals surface area contributed by atoms with E-state index in [2.05, 4.69) is 10.3 Å². The summed E-state index contributed by atoms with van der Waals surface area (Å²) in [6.45, 7) is -0.516. The maximum Gasteiger partial charge on any atom is 0.407 e. The van der Waals surface area contributed by atoms with Crippen molar-refractivity contribution in [1.29, 1.82) is 0 Å². The largest absolute Gasteiger partial charge is 0.497 e. The van der Waals surface area contributed by atoms with Crippen LogP contribution in [0.5, 0.6) is 11.5 Å². The minimum atomic E-state index is -1.22. The van der Waals surface area contributed by atoms with Gasteiger partial charge in [0.25, 0.3) is 0 Å². The Bertz CT molecular complexity index is 1410. The number of ether oxygens (including phenoxy) is 4. The van der Waals surface area contributed by atoms with E-state index in [4.69, 9.17) is 18.9 Å². The van der Waals surface area contributed by atoms with Crippen molar-refractivity contribution in [2.75, 3.05) is 34.0 Å². The minimum absolute atomic E-state index is 0.131. The first-order valence-corrected chi connectivity index (χ1v) is 14.3. The molecule has 230 valence electrons. The molecule has 0 aliphatic heterocycles. The number of nitrogens with one attached hydrogen (secondary N) is 1. The maximum atomic E-state index is 12.5. The number of aliphatic hydroxyl groups is 2. The van der Waals surface area contributed by atoms with Gasteiger partial charge in [0, 0.05) is 29.7 Å². The fourth-order valence-corrected chi connectivity index (χ4v) is 4.71. The SMILES string of the molecule is COc1ccc(C(OC(CCNC(=O)OCc2ccccc2)=NC(CO)CO)(c2ccccc2)c2ccc(OC)cc2)cc1. The third kappa shape index (κ3) is 8.15. The number of aliphatic imine (C=N–C) groups is 1. The van der Waals surface area contributed by atoms with Crippen LogP contribution >= 0.6 is 0 Å². The van der Waals surface area contributed by atoms with Crippen LogP contribution in [-0.2, 0) is 21.7 Å². The van der Waals surface area contributed by atoms with Gasteiger partial charge in [-0.2, -0.15) is 0 Å². The lowest BCUT2D eigenvalue weighted by Crippen LogP contribution is -2.37. The van der Waals surface area contributed by atoms with Gasteiger partial charge in [0.15, 0.2) is 11.5 Å². The van der Waals surface area contributed by atoms with Crippen LogP contribution in [0.1, 0.15) is 28.7 Å². The summed E-state index contributed by atoms with van der Waals surface area (Å²) in [5.41, 5.74) is 2.02. The topological polar surface area (TPSA) is 119 Å². The molecule has 0 radical (unpaired) electrons. The fourth-order valence-electron chi connectivity index (χ4n) is 4.71. The van der Waals surface area contributed by atoms with Gasteiger partial charge in [0.1, 0.15) is 18.1 Å². The molecule has 44 heavy (non-hydrogen) atoms. The van der Waals surface area contributed by atoms with E-state index in [0.29, 0.717) is 11.5 Å². The van der Waals surface area contributed by atoms with Crippen molar-refractivity contribution in [2.45, 2.75) is 24.7 Å². The Labute approximate surface area is 257 Å². The Kier molecular flexibility index (Phi) is 11.7. The van der Waals surface area contributed by atoms with E-state index in [-0.39, 0.29) is 38.7 Å². The highest BCUT2D eigenvalue weighted by Gasteiger charge is 2.40. The van der Waals surface area contributed by atoms with Crippen LogP contribution in [0.4, 0.5) is 4.79 Å². The summed E-state index contributed by atoms with van der Waals surface area (Å²) in [7, 11) is 3.21. The summed E-state index contributed by atoms with van der Waals surface area (Å²) in [6.07, 6.45) is -0.439. The molecule has 0 saturated carbocycles. The second-order valence-corrected chi connectivity index (χ2v) is 9.89. The zero-order valence-electron chi connectivity index (χ0n) is 24.9. The van der Waals surface area contributed by atoms with Crippen LogP contribution in [0.25, 0.3) is 0 Å². The summed E-state index contributed by atoms with van der Waals surface area (Å²) in [5, 5.41) is 22.5. The number of carbonyl (C=O) groups is 1. The van der Waals surface area contributed by atoms with Crippen LogP contribution in [0.2, 0.25) is 0 Å². The van der Waals surface area contributed by atoms with E-state index in [1.807, 2.05) is 109 Å². The third-order valence-electron chi connectivity index (χ3n) is 7.01. The molecule has 0 atom stereocenters. The molecule has 9 heteroatoms. The normalized spacial score (nSPS) is 11.6. The van der Waals surface area contributed by atoms with Gasteiger partial charge in [-0.25, -0.2) is 9.79 Å². The van der Waals surface area contributed by atoms with Crippen molar-refractivity contribution in [2.24, 2.45) is 4.99 Å². The number of nitrogens with zero attached hydrogens (tertiary/aromatic N) is 1. The molecular formula is C35H38N2O7. The number of hydrogen-bond acceptors (Lipinski definition) is 8. The number of benzene rings is 4. The van der Waals surface area contributed by atoms with Crippen LogP contribution in [0.15, 0.2) is 114 Å². The van der Waals surface area contributed by atoms with E-state index in [9.17, 15) is 15.0 Å². The number of methoxy groups -OCH3 is 2. The average Bonchev–Trinajstić information content (AvgIpc) is 3.09. The molecule has 0 aromatic heterocycles. The predicted octanol–water partition coefficient (Wildman–Crippen LogP) is 5.08. The Hall–Kier alpha value is -4.86. The number of alkyl carbamates (subject to hydrolysis) is 1. The molecule has 0 aliphatic carbocycles. The van der Waals surface area contributed by atoms with E-state index in [0.717, 1.165) is 22.3 Å². The summed E-state index contributed by atoms with van der Waals surface area (Å²) in [6, 6.07) is 33.3. The number of rotatable bonds is 14. The van der Waals surface area contributed by atoms with Crippen molar-refractivity contribution in [1.82, 2.24) is 5.32 Å². The molecule has 0 bridgehead atoms. The standard InChI is InChI=1S/C35H38N2O7/c1-41-31-17-13-28(14-18-31)35(27-11-7-4-8-12-27,29-15-19-32(42-2)20-16-29)44-33(37-30(23-38)24-39)21-22-36-34(40)43-25-26-9-5-3-6-10-26/h3-20,30,38-39H,21-25H2,1-2H3,(H,36,40). The molecule has 0 spiro atoms. The van der Waals surface area contributed by atoms with Gasteiger partial charge in [-0.1, -0.05) is 84.9 Å². The van der Waals surface area contributed by atoms with Gasteiger partial charge in [-0.05, 0) is 29.8 Å². The quantitative estimate of drug-likeness (QED) is 0.105. The molecule has 0 heterocycles. The number of aliphatic hydroxyl groups excluding tert-OH is 2. The average molecular weight is 599 g/mol. The number of carbonyl (C=O) groups excluding carboxylic acids is 1. The first kappa shape index (κ1) is 32.1. The Balaban J connectivity index is 1.71.